The molecule has 1 rings (SSSR count). The Labute approximate surface area is 104 Å². The number of hydrogen-bond acceptors (Lipinski definition) is 2. The molecule has 0 N–H and O–H groups in total. The van der Waals surface area contributed by atoms with Crippen LogP contribution in [-0.2, 0) is 5.88 Å². The van der Waals surface area contributed by atoms with Gasteiger partial charge in [0.05, 0.1) is 5.88 Å². The first-order chi connectivity index (χ1) is 7.56. The van der Waals surface area contributed by atoms with Crippen molar-refractivity contribution in [2.75, 3.05) is 11.9 Å². The average molecular weight is 241 g/mol. The molecule has 16 heavy (non-hydrogen) atoms. The van der Waals surface area contributed by atoms with Crippen LogP contribution >= 0.6 is 11.6 Å². The molecule has 90 valence electrons. The van der Waals surface area contributed by atoms with Crippen molar-refractivity contribution in [3.05, 3.63) is 23.9 Å². The maximum atomic E-state index is 5.92. The minimum absolute atomic E-state index is 0.483. The van der Waals surface area contributed by atoms with E-state index in [1.165, 1.54) is 0 Å². The molecule has 0 aliphatic rings. The lowest BCUT2D eigenvalue weighted by molar-refractivity contribution is 0.501. The number of halogens is 1. The summed E-state index contributed by atoms with van der Waals surface area (Å²) in [6.07, 6.45) is 2.98. The summed E-state index contributed by atoms with van der Waals surface area (Å²) in [5.74, 6) is 2.22. The molecule has 0 aromatic carbocycles. The zero-order chi connectivity index (χ0) is 12.1. The average Bonchev–Trinajstić information content (AvgIpc) is 2.27. The Bertz CT molecular complexity index is 325. The normalized spacial score (nSPS) is 12.9. The second-order valence-electron chi connectivity index (χ2n) is 4.71. The van der Waals surface area contributed by atoms with Gasteiger partial charge >= 0.3 is 0 Å². The first kappa shape index (κ1) is 13.3. The molecule has 1 heterocycles. The quantitative estimate of drug-likeness (QED) is 0.730. The van der Waals surface area contributed by atoms with Crippen molar-refractivity contribution in [2.24, 2.45) is 5.92 Å². The van der Waals surface area contributed by atoms with Crippen molar-refractivity contribution in [2.45, 2.75) is 39.1 Å². The van der Waals surface area contributed by atoms with E-state index in [0.29, 0.717) is 17.8 Å². The van der Waals surface area contributed by atoms with E-state index in [-0.39, 0.29) is 0 Å². The van der Waals surface area contributed by atoms with Crippen LogP contribution in [-0.4, -0.2) is 18.1 Å². The lowest BCUT2D eigenvalue weighted by atomic mass is 10.0. The van der Waals surface area contributed by atoms with E-state index in [1.54, 1.807) is 0 Å². The predicted octanol–water partition coefficient (Wildman–Crippen LogP) is 3.69. The molecular formula is C13H21ClN2. The summed E-state index contributed by atoms with van der Waals surface area (Å²) < 4.78 is 0. The molecule has 0 radical (unpaired) electrons. The molecule has 3 heteroatoms. The summed E-state index contributed by atoms with van der Waals surface area (Å²) >= 11 is 5.92. The highest BCUT2D eigenvalue weighted by atomic mass is 35.5. The van der Waals surface area contributed by atoms with Crippen molar-refractivity contribution >= 4 is 17.4 Å². The van der Waals surface area contributed by atoms with Crippen molar-refractivity contribution in [3.63, 3.8) is 0 Å². The van der Waals surface area contributed by atoms with Gasteiger partial charge in [0.25, 0.3) is 0 Å². The highest BCUT2D eigenvalue weighted by molar-refractivity contribution is 6.17. The van der Waals surface area contributed by atoms with Gasteiger partial charge in [-0.25, -0.2) is 4.98 Å². The molecule has 0 saturated heterocycles. The second kappa shape index (κ2) is 6.09. The highest BCUT2D eigenvalue weighted by Gasteiger charge is 2.15. The number of alkyl halides is 1. The summed E-state index contributed by atoms with van der Waals surface area (Å²) in [4.78, 5) is 6.64. The van der Waals surface area contributed by atoms with Crippen molar-refractivity contribution in [3.8, 4) is 0 Å². The topological polar surface area (TPSA) is 16.1 Å². The van der Waals surface area contributed by atoms with E-state index in [2.05, 4.69) is 37.7 Å². The van der Waals surface area contributed by atoms with Gasteiger partial charge in [-0.15, -0.1) is 11.6 Å². The van der Waals surface area contributed by atoms with Gasteiger partial charge in [0.1, 0.15) is 5.82 Å². The molecular weight excluding hydrogens is 220 g/mol. The second-order valence-corrected chi connectivity index (χ2v) is 4.98. The lowest BCUT2D eigenvalue weighted by Crippen LogP contribution is -2.31. The van der Waals surface area contributed by atoms with Crippen molar-refractivity contribution in [1.82, 2.24) is 4.98 Å². The monoisotopic (exact) mass is 240 g/mol. The highest BCUT2D eigenvalue weighted by Crippen LogP contribution is 2.22. The molecule has 0 fully saturated rings. The van der Waals surface area contributed by atoms with Gasteiger partial charge in [0, 0.05) is 24.8 Å². The molecule has 1 unspecified atom stereocenters. The van der Waals surface area contributed by atoms with Crippen molar-refractivity contribution < 1.29 is 0 Å². The minimum Gasteiger partial charge on any atom is -0.357 e. The Morgan fingerprint density at radius 3 is 2.62 bits per heavy atom. The van der Waals surface area contributed by atoms with Gasteiger partial charge < -0.3 is 4.90 Å². The fourth-order valence-corrected chi connectivity index (χ4v) is 2.11. The Morgan fingerprint density at radius 2 is 2.06 bits per heavy atom. The zero-order valence-electron chi connectivity index (χ0n) is 10.6. The van der Waals surface area contributed by atoms with Crippen molar-refractivity contribution in [1.29, 1.82) is 0 Å². The molecule has 1 atom stereocenters. The maximum absolute atomic E-state index is 5.92. The lowest BCUT2D eigenvalue weighted by Gasteiger charge is -2.28. The Kier molecular flexibility index (Phi) is 5.07. The molecule has 0 spiro atoms. The van der Waals surface area contributed by atoms with Gasteiger partial charge in [-0.05, 0) is 25.3 Å². The number of hydrogen-bond donors (Lipinski definition) is 0. The summed E-state index contributed by atoms with van der Waals surface area (Å²) in [7, 11) is 2.09. The van der Waals surface area contributed by atoms with Crippen LogP contribution in [0.2, 0.25) is 0 Å². The third kappa shape index (κ3) is 3.38. The standard InChI is InChI=1S/C13H21ClN2/c1-10(2)8-11(3)16(4)13-12(9-14)6-5-7-15-13/h5-7,10-11H,8-9H2,1-4H3. The van der Waals surface area contributed by atoms with E-state index in [0.717, 1.165) is 17.8 Å². The summed E-state index contributed by atoms with van der Waals surface area (Å²) in [5, 5.41) is 0. The van der Waals surface area contributed by atoms with Gasteiger partial charge in [-0.3, -0.25) is 0 Å². The van der Waals surface area contributed by atoms with Crippen LogP contribution in [0.5, 0.6) is 0 Å². The van der Waals surface area contributed by atoms with E-state index >= 15 is 0 Å². The van der Waals surface area contributed by atoms with E-state index < -0.39 is 0 Å². The summed E-state index contributed by atoms with van der Waals surface area (Å²) in [6, 6.07) is 4.45. The van der Waals surface area contributed by atoms with Gasteiger partial charge in [-0.2, -0.15) is 0 Å². The SMILES string of the molecule is CC(C)CC(C)N(C)c1ncccc1CCl. The van der Waals surface area contributed by atoms with Gasteiger partial charge in [0.15, 0.2) is 0 Å². The van der Waals surface area contributed by atoms with Crippen LogP contribution in [0.1, 0.15) is 32.8 Å². The zero-order valence-corrected chi connectivity index (χ0v) is 11.3. The van der Waals surface area contributed by atoms with E-state index in [9.17, 15) is 0 Å². The number of anilines is 1. The van der Waals surface area contributed by atoms with Crippen LogP contribution in [0.25, 0.3) is 0 Å². The van der Waals surface area contributed by atoms with E-state index in [1.807, 2.05) is 18.3 Å². The Balaban J connectivity index is 2.82. The number of aromatic nitrogens is 1. The molecule has 1 aromatic heterocycles. The van der Waals surface area contributed by atoms with Gasteiger partial charge in [0.2, 0.25) is 0 Å². The fourth-order valence-electron chi connectivity index (χ4n) is 1.90. The Morgan fingerprint density at radius 1 is 1.38 bits per heavy atom. The smallest absolute Gasteiger partial charge is 0.132 e. The number of nitrogens with zero attached hydrogens (tertiary/aromatic N) is 2. The molecule has 0 aliphatic carbocycles. The molecule has 0 amide bonds. The number of rotatable bonds is 5. The van der Waals surface area contributed by atoms with Crippen LogP contribution in [0.15, 0.2) is 18.3 Å². The fraction of sp³-hybridized carbons (Fsp3) is 0.615. The third-order valence-electron chi connectivity index (χ3n) is 2.82. The summed E-state index contributed by atoms with van der Waals surface area (Å²) in [6.45, 7) is 6.71. The summed E-state index contributed by atoms with van der Waals surface area (Å²) in [5.41, 5.74) is 1.10. The van der Waals surface area contributed by atoms with Gasteiger partial charge in [-0.1, -0.05) is 19.9 Å². The minimum atomic E-state index is 0.483. The van der Waals surface area contributed by atoms with Crippen LogP contribution < -0.4 is 4.90 Å². The van der Waals surface area contributed by atoms with Crippen LogP contribution in [0.3, 0.4) is 0 Å². The third-order valence-corrected chi connectivity index (χ3v) is 3.11. The van der Waals surface area contributed by atoms with E-state index in [4.69, 9.17) is 11.6 Å². The number of pyridine rings is 1. The largest absolute Gasteiger partial charge is 0.357 e. The molecule has 0 saturated carbocycles. The molecule has 0 bridgehead atoms. The molecule has 2 nitrogen and oxygen atoms in total. The molecule has 0 aliphatic heterocycles. The molecule has 1 aromatic rings. The predicted molar refractivity (Wildman–Crippen MR) is 71.1 cm³/mol. The Hall–Kier alpha value is -0.760. The van der Waals surface area contributed by atoms with Crippen LogP contribution in [0.4, 0.5) is 5.82 Å². The maximum Gasteiger partial charge on any atom is 0.132 e. The van der Waals surface area contributed by atoms with Crippen LogP contribution in [0, 0.1) is 5.92 Å². The first-order valence-corrected chi connectivity index (χ1v) is 6.32. The first-order valence-electron chi connectivity index (χ1n) is 5.79.